The molecule has 1 fully saturated rings. The maximum Gasteiger partial charge on any atom is 0.411 e. The first-order chi connectivity index (χ1) is 9.69. The second-order valence-electron chi connectivity index (χ2n) is 4.54. The van der Waals surface area contributed by atoms with Crippen molar-refractivity contribution in [3.8, 4) is 0 Å². The summed E-state index contributed by atoms with van der Waals surface area (Å²) < 4.78 is 9.92. The van der Waals surface area contributed by atoms with Crippen LogP contribution in [0.25, 0.3) is 0 Å². The molecule has 6 nitrogen and oxygen atoms in total. The normalized spacial score (nSPS) is 17.6. The van der Waals surface area contributed by atoms with Crippen LogP contribution in [0.4, 0.5) is 10.5 Å². The van der Waals surface area contributed by atoms with Gasteiger partial charge in [0.25, 0.3) is 5.91 Å². The fraction of sp³-hybridized carbons (Fsp3) is 0.429. The molecule has 6 heteroatoms. The first-order valence-electron chi connectivity index (χ1n) is 6.54. The predicted octanol–water partition coefficient (Wildman–Crippen LogP) is 1.77. The Labute approximate surface area is 117 Å². The van der Waals surface area contributed by atoms with Crippen LogP contribution in [-0.4, -0.2) is 38.4 Å². The zero-order valence-electron chi connectivity index (χ0n) is 11.3. The third-order valence-electron chi connectivity index (χ3n) is 3.09. The van der Waals surface area contributed by atoms with Gasteiger partial charge in [-0.3, -0.25) is 10.1 Å². The average molecular weight is 278 g/mol. The topological polar surface area (TPSA) is 76.7 Å². The molecule has 1 atom stereocenters. The standard InChI is InChI=1S/C14H18N2O4/c1-19-14(18)16-11-6-4-10(5-7-11)13(17)15-9-12-3-2-8-20-12/h4-7,12H,2-3,8-9H2,1H3,(H,15,17)(H,16,18)/t12-/m1/s1. The minimum absolute atomic E-state index is 0.124. The van der Waals surface area contributed by atoms with Crippen LogP contribution in [0.2, 0.25) is 0 Å². The van der Waals surface area contributed by atoms with E-state index in [4.69, 9.17) is 4.74 Å². The number of carbonyl (C=O) groups excluding carboxylic acids is 2. The summed E-state index contributed by atoms with van der Waals surface area (Å²) >= 11 is 0. The van der Waals surface area contributed by atoms with Crippen molar-refractivity contribution in [1.82, 2.24) is 5.32 Å². The molecule has 0 aliphatic carbocycles. The van der Waals surface area contributed by atoms with E-state index in [9.17, 15) is 9.59 Å². The minimum atomic E-state index is -0.541. The summed E-state index contributed by atoms with van der Waals surface area (Å²) in [6.45, 7) is 1.30. The molecule has 0 spiro atoms. The SMILES string of the molecule is COC(=O)Nc1ccc(C(=O)NC[C@H]2CCCO2)cc1. The molecule has 0 saturated carbocycles. The van der Waals surface area contributed by atoms with Crippen LogP contribution in [0.3, 0.4) is 0 Å². The molecule has 108 valence electrons. The van der Waals surface area contributed by atoms with E-state index < -0.39 is 6.09 Å². The van der Waals surface area contributed by atoms with Crippen molar-refractivity contribution in [2.45, 2.75) is 18.9 Å². The minimum Gasteiger partial charge on any atom is -0.453 e. The lowest BCUT2D eigenvalue weighted by Gasteiger charge is -2.11. The van der Waals surface area contributed by atoms with E-state index in [1.807, 2.05) is 0 Å². The maximum absolute atomic E-state index is 11.9. The van der Waals surface area contributed by atoms with Crippen LogP contribution < -0.4 is 10.6 Å². The van der Waals surface area contributed by atoms with E-state index in [0.717, 1.165) is 19.4 Å². The fourth-order valence-electron chi connectivity index (χ4n) is 1.99. The second-order valence-corrected chi connectivity index (χ2v) is 4.54. The van der Waals surface area contributed by atoms with E-state index in [1.54, 1.807) is 24.3 Å². The number of benzene rings is 1. The number of anilines is 1. The summed E-state index contributed by atoms with van der Waals surface area (Å²) in [7, 11) is 1.29. The summed E-state index contributed by atoms with van der Waals surface area (Å²) in [5.41, 5.74) is 1.12. The Kier molecular flexibility index (Phi) is 4.95. The Hall–Kier alpha value is -2.08. The first-order valence-corrected chi connectivity index (χ1v) is 6.54. The van der Waals surface area contributed by atoms with Gasteiger partial charge in [0, 0.05) is 24.4 Å². The monoisotopic (exact) mass is 278 g/mol. The lowest BCUT2D eigenvalue weighted by atomic mass is 10.2. The first kappa shape index (κ1) is 14.3. The van der Waals surface area contributed by atoms with Gasteiger partial charge in [0.1, 0.15) is 0 Å². The Bertz CT molecular complexity index is 467. The zero-order valence-corrected chi connectivity index (χ0v) is 11.3. The molecule has 2 N–H and O–H groups in total. The van der Waals surface area contributed by atoms with Crippen LogP contribution in [-0.2, 0) is 9.47 Å². The van der Waals surface area contributed by atoms with Crippen LogP contribution in [0, 0.1) is 0 Å². The van der Waals surface area contributed by atoms with Crippen molar-refractivity contribution in [2.75, 3.05) is 25.6 Å². The zero-order chi connectivity index (χ0) is 14.4. The Morgan fingerprint density at radius 3 is 2.70 bits per heavy atom. The van der Waals surface area contributed by atoms with Gasteiger partial charge in [-0.05, 0) is 37.1 Å². The smallest absolute Gasteiger partial charge is 0.411 e. The molecule has 1 aromatic rings. The van der Waals surface area contributed by atoms with Crippen molar-refractivity contribution in [3.63, 3.8) is 0 Å². The summed E-state index contributed by atoms with van der Waals surface area (Å²) in [5, 5.41) is 5.36. The molecule has 0 radical (unpaired) electrons. The number of amides is 2. The molecule has 0 aromatic heterocycles. The predicted molar refractivity (Wildman–Crippen MR) is 73.8 cm³/mol. The van der Waals surface area contributed by atoms with Gasteiger partial charge >= 0.3 is 6.09 Å². The number of rotatable bonds is 4. The van der Waals surface area contributed by atoms with E-state index in [1.165, 1.54) is 7.11 Å². The molecular formula is C14H18N2O4. The average Bonchev–Trinajstić information content (AvgIpc) is 2.98. The third kappa shape index (κ3) is 3.96. The summed E-state index contributed by atoms with van der Waals surface area (Å²) in [5.74, 6) is -0.148. The van der Waals surface area contributed by atoms with Gasteiger partial charge in [-0.25, -0.2) is 4.79 Å². The highest BCUT2D eigenvalue weighted by molar-refractivity contribution is 5.95. The van der Waals surface area contributed by atoms with Gasteiger partial charge in [0.15, 0.2) is 0 Å². The highest BCUT2D eigenvalue weighted by Crippen LogP contribution is 2.12. The van der Waals surface area contributed by atoms with Gasteiger partial charge in [0.05, 0.1) is 13.2 Å². The molecule has 2 rings (SSSR count). The van der Waals surface area contributed by atoms with Crippen molar-refractivity contribution in [3.05, 3.63) is 29.8 Å². The molecule has 1 aromatic carbocycles. The van der Waals surface area contributed by atoms with E-state index >= 15 is 0 Å². The Morgan fingerprint density at radius 2 is 2.10 bits per heavy atom. The molecule has 2 amide bonds. The molecule has 20 heavy (non-hydrogen) atoms. The largest absolute Gasteiger partial charge is 0.453 e. The van der Waals surface area contributed by atoms with Crippen LogP contribution >= 0.6 is 0 Å². The highest BCUT2D eigenvalue weighted by atomic mass is 16.5. The quantitative estimate of drug-likeness (QED) is 0.880. The van der Waals surface area contributed by atoms with Crippen molar-refractivity contribution < 1.29 is 19.1 Å². The Morgan fingerprint density at radius 1 is 1.35 bits per heavy atom. The number of hydrogen-bond donors (Lipinski definition) is 2. The van der Waals surface area contributed by atoms with Crippen LogP contribution in [0.1, 0.15) is 23.2 Å². The molecule has 0 bridgehead atoms. The van der Waals surface area contributed by atoms with Gasteiger partial charge < -0.3 is 14.8 Å². The molecule has 1 saturated heterocycles. The number of nitrogens with one attached hydrogen (secondary N) is 2. The van der Waals surface area contributed by atoms with Crippen molar-refractivity contribution >= 4 is 17.7 Å². The maximum atomic E-state index is 11.9. The molecule has 1 aliphatic heterocycles. The number of methoxy groups -OCH3 is 1. The van der Waals surface area contributed by atoms with Crippen molar-refractivity contribution in [1.29, 1.82) is 0 Å². The highest BCUT2D eigenvalue weighted by Gasteiger charge is 2.16. The van der Waals surface area contributed by atoms with E-state index in [-0.39, 0.29) is 12.0 Å². The number of carbonyl (C=O) groups is 2. The molecular weight excluding hydrogens is 260 g/mol. The lowest BCUT2D eigenvalue weighted by molar-refractivity contribution is 0.0858. The summed E-state index contributed by atoms with van der Waals surface area (Å²) in [6.07, 6.45) is 1.62. The Balaban J connectivity index is 1.85. The lowest BCUT2D eigenvalue weighted by Crippen LogP contribution is -2.31. The summed E-state index contributed by atoms with van der Waals surface area (Å²) in [4.78, 5) is 22.9. The van der Waals surface area contributed by atoms with Crippen molar-refractivity contribution in [2.24, 2.45) is 0 Å². The van der Waals surface area contributed by atoms with Gasteiger partial charge in [-0.15, -0.1) is 0 Å². The van der Waals surface area contributed by atoms with Gasteiger partial charge in [-0.1, -0.05) is 0 Å². The number of hydrogen-bond acceptors (Lipinski definition) is 4. The van der Waals surface area contributed by atoms with E-state index in [2.05, 4.69) is 15.4 Å². The third-order valence-corrected chi connectivity index (χ3v) is 3.09. The summed E-state index contributed by atoms with van der Waals surface area (Å²) in [6, 6.07) is 6.60. The molecule has 1 heterocycles. The second kappa shape index (κ2) is 6.91. The van der Waals surface area contributed by atoms with Crippen LogP contribution in [0.15, 0.2) is 24.3 Å². The van der Waals surface area contributed by atoms with Gasteiger partial charge in [-0.2, -0.15) is 0 Å². The molecule has 0 unspecified atom stereocenters. The fourth-order valence-corrected chi connectivity index (χ4v) is 1.99. The van der Waals surface area contributed by atoms with Crippen LogP contribution in [0.5, 0.6) is 0 Å². The molecule has 1 aliphatic rings. The number of ether oxygens (including phenoxy) is 2. The van der Waals surface area contributed by atoms with Gasteiger partial charge in [0.2, 0.25) is 0 Å². The van der Waals surface area contributed by atoms with E-state index in [0.29, 0.717) is 17.8 Å².